The van der Waals surface area contributed by atoms with Crippen LogP contribution < -0.4 is 5.32 Å². The molecule has 0 amide bonds. The largest absolute Gasteiger partial charge is 0.312 e. The van der Waals surface area contributed by atoms with Gasteiger partial charge in [0.1, 0.15) is 0 Å². The van der Waals surface area contributed by atoms with Crippen LogP contribution in [0, 0.1) is 17.3 Å². The van der Waals surface area contributed by atoms with Crippen LogP contribution >= 0.6 is 0 Å². The van der Waals surface area contributed by atoms with Gasteiger partial charge in [0.15, 0.2) is 0 Å². The van der Waals surface area contributed by atoms with Crippen LogP contribution in [0.25, 0.3) is 0 Å². The third-order valence-electron chi connectivity index (χ3n) is 3.64. The molecular weight excluding hydrogens is 182 g/mol. The van der Waals surface area contributed by atoms with Gasteiger partial charge in [-0.25, -0.2) is 0 Å². The smallest absolute Gasteiger partial charge is 0.0205 e. The van der Waals surface area contributed by atoms with Crippen molar-refractivity contribution in [3.8, 4) is 0 Å². The van der Waals surface area contributed by atoms with E-state index in [1.54, 1.807) is 11.1 Å². The molecule has 3 aliphatic rings. The molecule has 1 nitrogen and oxygen atoms in total. The molecule has 15 heavy (non-hydrogen) atoms. The Hall–Kier alpha value is -0.560. The zero-order chi connectivity index (χ0) is 11.1. The summed E-state index contributed by atoms with van der Waals surface area (Å²) in [6.07, 6.45) is 6.46. The minimum absolute atomic E-state index is 0.359. The first-order chi connectivity index (χ1) is 7.17. The molecule has 0 aromatic heterocycles. The van der Waals surface area contributed by atoms with Gasteiger partial charge in [-0.3, -0.25) is 0 Å². The molecule has 0 aromatic rings. The second-order valence-corrected chi connectivity index (χ2v) is 5.32. The molecule has 2 aliphatic carbocycles. The fraction of sp³-hybridized carbons (Fsp3) is 0.714. The Morgan fingerprint density at radius 3 is 2.60 bits per heavy atom. The van der Waals surface area contributed by atoms with Crippen LogP contribution in [0.15, 0.2) is 23.3 Å². The topological polar surface area (TPSA) is 12.0 Å². The van der Waals surface area contributed by atoms with Crippen molar-refractivity contribution in [2.24, 2.45) is 17.3 Å². The molecule has 1 heteroatoms. The van der Waals surface area contributed by atoms with Crippen molar-refractivity contribution in [1.29, 1.82) is 0 Å². The highest BCUT2D eigenvalue weighted by Gasteiger charge is 2.41. The number of fused-ring (bicyclic) bond motifs is 2. The molecule has 2 unspecified atom stereocenters. The first-order valence-corrected chi connectivity index (χ1v) is 6.31. The zero-order valence-corrected chi connectivity index (χ0v) is 10.4. The Morgan fingerprint density at radius 2 is 1.87 bits per heavy atom. The van der Waals surface area contributed by atoms with Crippen molar-refractivity contribution < 1.29 is 0 Å². The molecule has 2 fully saturated rings. The minimum Gasteiger partial charge on any atom is -0.312 e. The Labute approximate surface area is 93.6 Å². The number of nitrogens with one attached hydrogen (secondary N) is 1. The van der Waals surface area contributed by atoms with Crippen molar-refractivity contribution in [3.05, 3.63) is 23.3 Å². The maximum Gasteiger partial charge on any atom is 0.0205 e. The maximum atomic E-state index is 3.50. The SMILES string of the molecule is CC.CC1(C)CNCC2=CC3CC3C=C21. The predicted octanol–water partition coefficient (Wildman–Crippen LogP) is 3.14. The summed E-state index contributed by atoms with van der Waals surface area (Å²) in [4.78, 5) is 0. The summed E-state index contributed by atoms with van der Waals surface area (Å²) in [6, 6.07) is 0. The average molecular weight is 205 g/mol. The summed E-state index contributed by atoms with van der Waals surface area (Å²) in [5, 5.41) is 3.50. The Balaban J connectivity index is 0.000000404. The zero-order valence-electron chi connectivity index (χ0n) is 10.4. The second-order valence-electron chi connectivity index (χ2n) is 5.32. The molecule has 1 aliphatic heterocycles. The summed E-state index contributed by atoms with van der Waals surface area (Å²) in [6.45, 7) is 10.9. The van der Waals surface area contributed by atoms with Crippen molar-refractivity contribution in [1.82, 2.24) is 5.32 Å². The molecule has 1 saturated carbocycles. The lowest BCUT2D eigenvalue weighted by Gasteiger charge is -2.37. The summed E-state index contributed by atoms with van der Waals surface area (Å²) >= 11 is 0. The molecule has 0 aromatic carbocycles. The Bertz CT molecular complexity index is 309. The third kappa shape index (κ3) is 1.90. The van der Waals surface area contributed by atoms with Gasteiger partial charge >= 0.3 is 0 Å². The van der Waals surface area contributed by atoms with E-state index in [2.05, 4.69) is 31.3 Å². The summed E-state index contributed by atoms with van der Waals surface area (Å²) < 4.78 is 0. The van der Waals surface area contributed by atoms with Crippen molar-refractivity contribution in [2.75, 3.05) is 13.1 Å². The molecule has 3 rings (SSSR count). The monoisotopic (exact) mass is 205 g/mol. The first kappa shape index (κ1) is 10.9. The van der Waals surface area contributed by atoms with Gasteiger partial charge in [0.2, 0.25) is 0 Å². The van der Waals surface area contributed by atoms with Gasteiger partial charge in [-0.15, -0.1) is 0 Å². The predicted molar refractivity (Wildman–Crippen MR) is 65.8 cm³/mol. The Kier molecular flexibility index (Phi) is 2.76. The maximum absolute atomic E-state index is 3.50. The van der Waals surface area contributed by atoms with Gasteiger partial charge in [-0.2, -0.15) is 0 Å². The molecule has 1 saturated heterocycles. The molecule has 2 atom stereocenters. The number of piperidine rings is 1. The highest BCUT2D eigenvalue weighted by Crippen LogP contribution is 2.50. The lowest BCUT2D eigenvalue weighted by Crippen LogP contribution is -2.40. The van der Waals surface area contributed by atoms with Crippen LogP contribution in [0.4, 0.5) is 0 Å². The van der Waals surface area contributed by atoms with Crippen LogP contribution in [-0.2, 0) is 0 Å². The van der Waals surface area contributed by atoms with E-state index in [-0.39, 0.29) is 0 Å². The van der Waals surface area contributed by atoms with Gasteiger partial charge < -0.3 is 5.32 Å². The molecule has 0 bridgehead atoms. The molecule has 1 heterocycles. The average Bonchev–Trinajstić information content (AvgIpc) is 2.96. The molecule has 0 radical (unpaired) electrons. The van der Waals surface area contributed by atoms with Gasteiger partial charge in [0.25, 0.3) is 0 Å². The fourth-order valence-corrected chi connectivity index (χ4v) is 2.71. The number of hydrogen-bond acceptors (Lipinski definition) is 1. The molecule has 84 valence electrons. The normalized spacial score (nSPS) is 34.9. The second kappa shape index (κ2) is 3.79. The van der Waals surface area contributed by atoms with Crippen LogP contribution in [0.3, 0.4) is 0 Å². The number of rotatable bonds is 0. The Morgan fingerprint density at radius 1 is 1.20 bits per heavy atom. The summed E-state index contributed by atoms with van der Waals surface area (Å²) in [7, 11) is 0. The van der Waals surface area contributed by atoms with Gasteiger partial charge in [0.05, 0.1) is 0 Å². The van der Waals surface area contributed by atoms with Crippen LogP contribution in [0.2, 0.25) is 0 Å². The molecule has 0 spiro atoms. The number of hydrogen-bond donors (Lipinski definition) is 1. The highest BCUT2D eigenvalue weighted by atomic mass is 14.9. The van der Waals surface area contributed by atoms with E-state index in [0.717, 1.165) is 24.9 Å². The number of allylic oxidation sites excluding steroid dienone is 2. The summed E-state index contributed by atoms with van der Waals surface area (Å²) in [5.74, 6) is 1.80. The van der Waals surface area contributed by atoms with Crippen LogP contribution in [0.5, 0.6) is 0 Å². The van der Waals surface area contributed by atoms with E-state index in [4.69, 9.17) is 0 Å². The van der Waals surface area contributed by atoms with E-state index in [1.165, 1.54) is 6.42 Å². The van der Waals surface area contributed by atoms with E-state index in [9.17, 15) is 0 Å². The third-order valence-corrected chi connectivity index (χ3v) is 3.64. The molecular formula is C14H23N. The highest BCUT2D eigenvalue weighted by molar-refractivity contribution is 5.45. The van der Waals surface area contributed by atoms with Crippen molar-refractivity contribution in [3.63, 3.8) is 0 Å². The van der Waals surface area contributed by atoms with Crippen molar-refractivity contribution >= 4 is 0 Å². The molecule has 1 N–H and O–H groups in total. The van der Waals surface area contributed by atoms with Gasteiger partial charge in [-0.05, 0) is 29.4 Å². The van der Waals surface area contributed by atoms with Crippen molar-refractivity contribution in [2.45, 2.75) is 34.1 Å². The van der Waals surface area contributed by atoms with E-state index in [1.807, 2.05) is 13.8 Å². The minimum atomic E-state index is 0.359. The van der Waals surface area contributed by atoms with E-state index < -0.39 is 0 Å². The van der Waals surface area contributed by atoms with Crippen LogP contribution in [-0.4, -0.2) is 13.1 Å². The standard InChI is InChI=1S/C12H17N.C2H6/c1-12(2)7-13-6-10-4-8-3-9(8)5-11(10)12;1-2/h4-5,8-9,13H,3,6-7H2,1-2H3;1-2H3. The lowest BCUT2D eigenvalue weighted by molar-refractivity contribution is 0.387. The summed E-state index contributed by atoms with van der Waals surface area (Å²) in [5.41, 5.74) is 3.57. The quantitative estimate of drug-likeness (QED) is 0.640. The fourth-order valence-electron chi connectivity index (χ4n) is 2.71. The van der Waals surface area contributed by atoms with Gasteiger partial charge in [0, 0.05) is 18.5 Å². The van der Waals surface area contributed by atoms with Crippen LogP contribution in [0.1, 0.15) is 34.1 Å². The van der Waals surface area contributed by atoms with Gasteiger partial charge in [-0.1, -0.05) is 39.8 Å². The van der Waals surface area contributed by atoms with E-state index >= 15 is 0 Å². The first-order valence-electron chi connectivity index (χ1n) is 6.31. The van der Waals surface area contributed by atoms with E-state index in [0.29, 0.717) is 5.41 Å². The lowest BCUT2D eigenvalue weighted by atomic mass is 9.75.